The lowest BCUT2D eigenvalue weighted by atomic mass is 10.2. The number of aromatic nitrogens is 2. The number of hydrogen-bond donors (Lipinski definition) is 2. The van der Waals surface area contributed by atoms with Gasteiger partial charge >= 0.3 is 5.69 Å². The van der Waals surface area contributed by atoms with Crippen LogP contribution in [0.1, 0.15) is 0 Å². The van der Waals surface area contributed by atoms with Gasteiger partial charge in [0.25, 0.3) is 0 Å². The maximum atomic E-state index is 12.0. The smallest absolute Gasteiger partial charge is 0.334 e. The fraction of sp³-hybridized carbons (Fsp3) is 0. The van der Waals surface area contributed by atoms with Gasteiger partial charge in [-0.25, -0.2) is 9.97 Å². The summed E-state index contributed by atoms with van der Waals surface area (Å²) >= 11 is 3.37. The van der Waals surface area contributed by atoms with Crippen molar-refractivity contribution in [2.45, 2.75) is 0 Å². The Morgan fingerprint density at radius 3 is 1.90 bits per heavy atom. The van der Waals surface area contributed by atoms with E-state index in [0.717, 1.165) is 15.8 Å². The minimum Gasteiger partial charge on any atom is -0.334 e. The van der Waals surface area contributed by atoms with Crippen molar-refractivity contribution in [3.8, 4) is 0 Å². The van der Waals surface area contributed by atoms with Crippen LogP contribution in [0.25, 0.3) is 0 Å². The molecule has 0 unspecified atom stereocenters. The van der Waals surface area contributed by atoms with Gasteiger partial charge in [0, 0.05) is 10.2 Å². The molecule has 0 fully saturated rings. The van der Waals surface area contributed by atoms with Crippen molar-refractivity contribution >= 4 is 50.3 Å². The number of halogens is 1. The molecule has 0 spiro atoms. The largest absolute Gasteiger partial charge is 0.355 e. The van der Waals surface area contributed by atoms with E-state index >= 15 is 0 Å². The third-order valence-electron chi connectivity index (χ3n) is 4.36. The van der Waals surface area contributed by atoms with Crippen molar-refractivity contribution in [3.05, 3.63) is 106 Å². The van der Waals surface area contributed by atoms with Crippen LogP contribution in [-0.4, -0.2) is 14.9 Å². The molecule has 2 N–H and O–H groups in total. The number of nitrogens with one attached hydrogen (secondary N) is 2. The van der Waals surface area contributed by atoms with Crippen LogP contribution >= 0.6 is 15.9 Å². The molecule has 4 rings (SSSR count). The van der Waals surface area contributed by atoms with Crippen molar-refractivity contribution in [3.63, 3.8) is 0 Å². The van der Waals surface area contributed by atoms with Gasteiger partial charge in [0.15, 0.2) is 0 Å². The third kappa shape index (κ3) is 4.78. The average molecular weight is 477 g/mol. The van der Waals surface area contributed by atoms with E-state index < -0.39 is 4.92 Å². The summed E-state index contributed by atoms with van der Waals surface area (Å²) in [6.45, 7) is 0. The molecule has 1 heterocycles. The van der Waals surface area contributed by atoms with Gasteiger partial charge in [-0.15, -0.1) is 0 Å². The van der Waals surface area contributed by atoms with E-state index in [9.17, 15) is 10.1 Å². The number of nitrogens with zero attached hydrogens (tertiary/aromatic N) is 4. The van der Waals surface area contributed by atoms with Crippen LogP contribution in [0.3, 0.4) is 0 Å². The lowest BCUT2D eigenvalue weighted by molar-refractivity contribution is -0.383. The van der Waals surface area contributed by atoms with Crippen molar-refractivity contribution in [2.75, 3.05) is 15.8 Å². The number of para-hydroxylation sites is 2. The molecule has 0 aliphatic rings. The van der Waals surface area contributed by atoms with Gasteiger partial charge in [-0.1, -0.05) is 52.3 Å². The van der Waals surface area contributed by atoms with Crippen LogP contribution in [0, 0.1) is 10.1 Å². The standard InChI is InChI=1S/C22H17BrN6O2/c23-16-11-13-17(14-12-16)26-21-20(29(30)31)22(25-15-24-21)27-28(18-7-3-1-4-8-18)19-9-5-2-6-10-19/h1-15H,(H2,24,25,26,27). The Hall–Kier alpha value is -3.98. The summed E-state index contributed by atoms with van der Waals surface area (Å²) in [5.74, 6) is 0.151. The molecule has 4 aromatic rings. The molecule has 0 aliphatic heterocycles. The second kappa shape index (κ2) is 9.23. The van der Waals surface area contributed by atoms with E-state index in [1.54, 1.807) is 17.1 Å². The highest BCUT2D eigenvalue weighted by Gasteiger charge is 2.25. The highest BCUT2D eigenvalue weighted by Crippen LogP contribution is 2.34. The second-order valence-electron chi connectivity index (χ2n) is 6.43. The zero-order valence-electron chi connectivity index (χ0n) is 16.1. The highest BCUT2D eigenvalue weighted by molar-refractivity contribution is 9.10. The maximum Gasteiger partial charge on any atom is 0.355 e. The third-order valence-corrected chi connectivity index (χ3v) is 4.89. The molecule has 3 aromatic carbocycles. The number of nitro groups is 1. The molecule has 31 heavy (non-hydrogen) atoms. The van der Waals surface area contributed by atoms with E-state index in [2.05, 4.69) is 36.6 Å². The summed E-state index contributed by atoms with van der Waals surface area (Å²) in [6, 6.07) is 26.2. The minimum atomic E-state index is -0.502. The summed E-state index contributed by atoms with van der Waals surface area (Å²) in [6.07, 6.45) is 1.28. The van der Waals surface area contributed by atoms with Crippen LogP contribution < -0.4 is 15.8 Å². The molecule has 154 valence electrons. The van der Waals surface area contributed by atoms with Crippen LogP contribution in [-0.2, 0) is 0 Å². The molecule has 0 saturated carbocycles. The van der Waals surface area contributed by atoms with Gasteiger partial charge in [0.1, 0.15) is 6.33 Å². The van der Waals surface area contributed by atoms with Crippen molar-refractivity contribution < 1.29 is 4.92 Å². The van der Waals surface area contributed by atoms with E-state index in [1.807, 2.05) is 72.8 Å². The predicted octanol–water partition coefficient (Wildman–Crippen LogP) is 6.06. The van der Waals surface area contributed by atoms with E-state index in [4.69, 9.17) is 0 Å². The van der Waals surface area contributed by atoms with E-state index in [-0.39, 0.29) is 17.3 Å². The number of hydrazine groups is 1. The van der Waals surface area contributed by atoms with Gasteiger partial charge in [-0.2, -0.15) is 0 Å². The first-order chi connectivity index (χ1) is 15.1. The normalized spacial score (nSPS) is 10.4. The quantitative estimate of drug-likeness (QED) is 0.247. The molecule has 0 bridgehead atoms. The van der Waals surface area contributed by atoms with Gasteiger partial charge in [-0.3, -0.25) is 20.5 Å². The lowest BCUT2D eigenvalue weighted by Crippen LogP contribution is -2.26. The average Bonchev–Trinajstić information content (AvgIpc) is 2.80. The number of anilines is 5. The molecule has 1 aromatic heterocycles. The first-order valence-corrected chi connectivity index (χ1v) is 10.1. The summed E-state index contributed by atoms with van der Waals surface area (Å²) < 4.78 is 0.902. The van der Waals surface area contributed by atoms with Crippen LogP contribution in [0.5, 0.6) is 0 Å². The molecular weight excluding hydrogens is 460 g/mol. The Labute approximate surface area is 186 Å². The Morgan fingerprint density at radius 1 is 0.806 bits per heavy atom. The van der Waals surface area contributed by atoms with Crippen LogP contribution in [0.4, 0.5) is 34.4 Å². The predicted molar refractivity (Wildman–Crippen MR) is 125 cm³/mol. The molecule has 0 aliphatic carbocycles. The Balaban J connectivity index is 1.74. The van der Waals surface area contributed by atoms with Gasteiger partial charge < -0.3 is 5.32 Å². The molecule has 0 saturated heterocycles. The molecule has 0 radical (unpaired) electrons. The van der Waals surface area contributed by atoms with Gasteiger partial charge in [0.05, 0.1) is 16.3 Å². The summed E-state index contributed by atoms with van der Waals surface area (Å²) in [4.78, 5) is 19.7. The first-order valence-electron chi connectivity index (χ1n) is 9.30. The lowest BCUT2D eigenvalue weighted by Gasteiger charge is -2.26. The monoisotopic (exact) mass is 476 g/mol. The molecule has 0 atom stereocenters. The Morgan fingerprint density at radius 2 is 1.35 bits per heavy atom. The van der Waals surface area contributed by atoms with Crippen molar-refractivity contribution in [1.29, 1.82) is 0 Å². The van der Waals surface area contributed by atoms with Gasteiger partial charge in [0.2, 0.25) is 11.6 Å². The number of hydrogen-bond acceptors (Lipinski definition) is 7. The molecule has 0 amide bonds. The molecule has 8 nitrogen and oxygen atoms in total. The number of rotatable bonds is 7. The Bertz CT molecular complexity index is 1130. The summed E-state index contributed by atoms with van der Waals surface area (Å²) in [7, 11) is 0. The SMILES string of the molecule is O=[N+]([O-])c1c(Nc2ccc(Br)cc2)ncnc1NN(c1ccccc1)c1ccccc1. The zero-order valence-corrected chi connectivity index (χ0v) is 17.7. The summed E-state index contributed by atoms with van der Waals surface area (Å²) in [5, 5.41) is 16.7. The molecular formula is C22H17BrN6O2. The molecule has 9 heteroatoms. The topological polar surface area (TPSA) is 96.2 Å². The summed E-state index contributed by atoms with van der Waals surface area (Å²) in [5.41, 5.74) is 5.08. The highest BCUT2D eigenvalue weighted by atomic mass is 79.9. The Kier molecular flexibility index (Phi) is 6.04. The second-order valence-corrected chi connectivity index (χ2v) is 7.34. The van der Waals surface area contributed by atoms with Gasteiger partial charge in [-0.05, 0) is 48.5 Å². The minimum absolute atomic E-state index is 0.0623. The van der Waals surface area contributed by atoms with Crippen molar-refractivity contribution in [1.82, 2.24) is 9.97 Å². The zero-order chi connectivity index (χ0) is 21.6. The fourth-order valence-corrected chi connectivity index (χ4v) is 3.20. The van der Waals surface area contributed by atoms with Crippen molar-refractivity contribution in [2.24, 2.45) is 0 Å². The maximum absolute atomic E-state index is 12.0. The van der Waals surface area contributed by atoms with Crippen LogP contribution in [0.2, 0.25) is 0 Å². The first kappa shape index (κ1) is 20.3. The van der Waals surface area contributed by atoms with E-state index in [1.165, 1.54) is 6.33 Å². The van der Waals surface area contributed by atoms with E-state index in [0.29, 0.717) is 5.69 Å². The number of benzene rings is 3. The fourth-order valence-electron chi connectivity index (χ4n) is 2.93. The van der Waals surface area contributed by atoms with Crippen LogP contribution in [0.15, 0.2) is 95.7 Å².